The second-order valence-electron chi connectivity index (χ2n) is 6.09. The summed E-state index contributed by atoms with van der Waals surface area (Å²) in [6.45, 7) is 3.59. The number of phenols is 1. The lowest BCUT2D eigenvalue weighted by Gasteiger charge is -2.30. The second kappa shape index (κ2) is 7.55. The molecule has 1 aliphatic heterocycles. The predicted octanol–water partition coefficient (Wildman–Crippen LogP) is 2.22. The number of ether oxygens (including phenoxy) is 2. The van der Waals surface area contributed by atoms with Crippen LogP contribution in [0.5, 0.6) is 11.5 Å². The molecule has 5 N–H and O–H groups in total. The number of methoxy groups -OCH3 is 1. The van der Waals surface area contributed by atoms with Crippen LogP contribution < -0.4 is 21.5 Å². The molecule has 0 aliphatic carbocycles. The molecular weight excluding hydrogens is 432 g/mol. The van der Waals surface area contributed by atoms with Crippen molar-refractivity contribution >= 4 is 33.5 Å². The van der Waals surface area contributed by atoms with Gasteiger partial charge in [-0.3, -0.25) is 4.98 Å². The van der Waals surface area contributed by atoms with E-state index in [1.54, 1.807) is 26.0 Å². The van der Waals surface area contributed by atoms with E-state index in [0.29, 0.717) is 26.9 Å². The highest BCUT2D eigenvalue weighted by Gasteiger charge is 2.36. The van der Waals surface area contributed by atoms with E-state index in [1.807, 2.05) is 0 Å². The quantitative estimate of drug-likeness (QED) is 0.519. The van der Waals surface area contributed by atoms with Crippen LogP contribution in [0.25, 0.3) is 0 Å². The third-order valence-electron chi connectivity index (χ3n) is 4.39. The maximum atomic E-state index is 12.7. The third kappa shape index (κ3) is 3.31. The maximum Gasteiger partial charge on any atom is 0.348 e. The van der Waals surface area contributed by atoms with Gasteiger partial charge in [-0.25, -0.2) is 9.59 Å². The number of nitrogens with two attached hydrogens (primary N) is 1. The predicted molar refractivity (Wildman–Crippen MR) is 106 cm³/mol. The standard InChI is InChI=1S/C18H19BrN4O5/c1-4-28-17(25)11-7(2)21-16-13(15(20)22-18(26)23-16)12(11)8-5-9(19)14(24)10(6-8)27-3/h5-6,12,24H,4H2,1-3H3,(H4,20,21,22,23,26). The zero-order valence-corrected chi connectivity index (χ0v) is 17.0. The average Bonchev–Trinajstić information content (AvgIpc) is 2.62. The number of esters is 1. The van der Waals surface area contributed by atoms with E-state index in [1.165, 1.54) is 7.11 Å². The van der Waals surface area contributed by atoms with E-state index in [-0.39, 0.29) is 29.7 Å². The number of anilines is 2. The summed E-state index contributed by atoms with van der Waals surface area (Å²) < 4.78 is 10.8. The van der Waals surface area contributed by atoms with Crippen LogP contribution in [0.4, 0.5) is 11.6 Å². The number of fused-ring (bicyclic) bond motifs is 1. The van der Waals surface area contributed by atoms with Crippen LogP contribution in [0.3, 0.4) is 0 Å². The van der Waals surface area contributed by atoms with E-state index in [2.05, 4.69) is 31.2 Å². The van der Waals surface area contributed by atoms with E-state index in [0.717, 1.165) is 0 Å². The summed E-state index contributed by atoms with van der Waals surface area (Å²) in [5, 5.41) is 13.1. The van der Waals surface area contributed by atoms with Crippen molar-refractivity contribution in [3.63, 3.8) is 0 Å². The van der Waals surface area contributed by atoms with E-state index in [9.17, 15) is 14.7 Å². The number of hydrogen-bond donors (Lipinski definition) is 4. The molecule has 2 aromatic rings. The molecule has 0 fully saturated rings. The van der Waals surface area contributed by atoms with Crippen LogP contribution in [-0.4, -0.2) is 34.8 Å². The van der Waals surface area contributed by atoms with Gasteiger partial charge in [0, 0.05) is 11.3 Å². The molecule has 0 radical (unpaired) electrons. The summed E-state index contributed by atoms with van der Waals surface area (Å²) in [5.74, 6) is -0.778. The van der Waals surface area contributed by atoms with Gasteiger partial charge in [0.2, 0.25) is 0 Å². The van der Waals surface area contributed by atoms with Crippen molar-refractivity contribution in [2.75, 3.05) is 24.8 Å². The SMILES string of the molecule is CCOC(=O)C1=C(C)Nc2nc(=O)[nH]c(N)c2C1c1cc(Br)c(O)c(OC)c1. The van der Waals surface area contributed by atoms with Gasteiger partial charge in [-0.2, -0.15) is 4.98 Å². The molecule has 0 saturated heterocycles. The largest absolute Gasteiger partial charge is 0.503 e. The zero-order valence-electron chi connectivity index (χ0n) is 15.4. The van der Waals surface area contributed by atoms with E-state index in [4.69, 9.17) is 15.2 Å². The van der Waals surface area contributed by atoms with Gasteiger partial charge in [0.1, 0.15) is 11.6 Å². The average molecular weight is 451 g/mol. The zero-order chi connectivity index (χ0) is 20.6. The van der Waals surface area contributed by atoms with Gasteiger partial charge in [0.05, 0.1) is 29.7 Å². The Morgan fingerprint density at radius 2 is 2.14 bits per heavy atom. The number of carbonyl (C=O) groups excluding carboxylic acids is 1. The van der Waals surface area contributed by atoms with Crippen molar-refractivity contribution in [1.82, 2.24) is 9.97 Å². The molecule has 9 nitrogen and oxygen atoms in total. The number of phenolic OH excluding ortho intramolecular Hbond substituents is 1. The highest BCUT2D eigenvalue weighted by Crippen LogP contribution is 2.46. The molecule has 10 heteroatoms. The Bertz CT molecular complexity index is 1050. The lowest BCUT2D eigenvalue weighted by Crippen LogP contribution is -2.29. The molecular formula is C18H19BrN4O5. The summed E-state index contributed by atoms with van der Waals surface area (Å²) in [4.78, 5) is 30.9. The van der Waals surface area contributed by atoms with Gasteiger partial charge < -0.3 is 25.6 Å². The molecule has 0 amide bonds. The molecule has 1 aromatic carbocycles. The van der Waals surface area contributed by atoms with Crippen LogP contribution in [0.1, 0.15) is 30.9 Å². The van der Waals surface area contributed by atoms with Crippen LogP contribution in [0, 0.1) is 0 Å². The summed E-state index contributed by atoms with van der Waals surface area (Å²) in [6.07, 6.45) is 0. The minimum Gasteiger partial charge on any atom is -0.503 e. The van der Waals surface area contributed by atoms with Crippen molar-refractivity contribution in [3.05, 3.63) is 49.5 Å². The number of rotatable bonds is 4. The molecule has 148 valence electrons. The van der Waals surface area contributed by atoms with Crippen molar-refractivity contribution < 1.29 is 19.4 Å². The molecule has 1 aromatic heterocycles. The Labute approximate surface area is 168 Å². The lowest BCUT2D eigenvalue weighted by atomic mass is 9.81. The number of hydrogen-bond acceptors (Lipinski definition) is 8. The third-order valence-corrected chi connectivity index (χ3v) is 4.99. The Morgan fingerprint density at radius 3 is 2.79 bits per heavy atom. The first-order valence-electron chi connectivity index (χ1n) is 8.39. The molecule has 1 unspecified atom stereocenters. The fourth-order valence-corrected chi connectivity index (χ4v) is 3.68. The smallest absolute Gasteiger partial charge is 0.348 e. The maximum absolute atomic E-state index is 12.7. The van der Waals surface area contributed by atoms with Crippen molar-refractivity contribution in [2.24, 2.45) is 0 Å². The van der Waals surface area contributed by atoms with Crippen LogP contribution in [0.15, 0.2) is 32.7 Å². The molecule has 1 aliphatic rings. The number of nitrogens with one attached hydrogen (secondary N) is 2. The number of halogens is 1. The number of aromatic amines is 1. The van der Waals surface area contributed by atoms with Crippen molar-refractivity contribution in [3.8, 4) is 11.5 Å². The number of aromatic hydroxyl groups is 1. The molecule has 3 rings (SSSR count). The normalized spacial score (nSPS) is 15.6. The Morgan fingerprint density at radius 1 is 1.43 bits per heavy atom. The van der Waals surface area contributed by atoms with Gasteiger partial charge in [-0.1, -0.05) is 0 Å². The van der Waals surface area contributed by atoms with Gasteiger partial charge in [0.15, 0.2) is 11.5 Å². The molecule has 28 heavy (non-hydrogen) atoms. The minimum absolute atomic E-state index is 0.0740. The molecule has 1 atom stereocenters. The fourth-order valence-electron chi connectivity index (χ4n) is 3.22. The van der Waals surface area contributed by atoms with Gasteiger partial charge in [-0.05, 0) is 47.5 Å². The first kappa shape index (κ1) is 19.7. The highest BCUT2D eigenvalue weighted by molar-refractivity contribution is 9.10. The van der Waals surface area contributed by atoms with Gasteiger partial charge >= 0.3 is 11.7 Å². The van der Waals surface area contributed by atoms with Crippen molar-refractivity contribution in [2.45, 2.75) is 19.8 Å². The summed E-state index contributed by atoms with van der Waals surface area (Å²) in [7, 11) is 1.42. The first-order valence-corrected chi connectivity index (χ1v) is 9.18. The Hall–Kier alpha value is -3.01. The summed E-state index contributed by atoms with van der Waals surface area (Å²) in [6, 6.07) is 3.24. The van der Waals surface area contributed by atoms with Crippen LogP contribution in [0.2, 0.25) is 0 Å². The summed E-state index contributed by atoms with van der Waals surface area (Å²) in [5.41, 5.74) is 7.29. The monoisotopic (exact) mass is 450 g/mol. The molecule has 0 saturated carbocycles. The highest BCUT2D eigenvalue weighted by atomic mass is 79.9. The van der Waals surface area contributed by atoms with Crippen LogP contribution >= 0.6 is 15.9 Å². The van der Waals surface area contributed by atoms with E-state index < -0.39 is 17.6 Å². The van der Waals surface area contributed by atoms with Gasteiger partial charge in [-0.15, -0.1) is 0 Å². The number of allylic oxidation sites excluding steroid dienone is 1. The topological polar surface area (TPSA) is 140 Å². The molecule has 2 heterocycles. The van der Waals surface area contributed by atoms with Crippen LogP contribution in [-0.2, 0) is 9.53 Å². The molecule has 0 spiro atoms. The minimum atomic E-state index is -0.703. The number of H-pyrrole nitrogens is 1. The van der Waals surface area contributed by atoms with Gasteiger partial charge in [0.25, 0.3) is 0 Å². The Kier molecular flexibility index (Phi) is 5.32. The Balaban J connectivity index is 2.32. The number of nitrogens with zero attached hydrogens (tertiary/aromatic N) is 1. The fraction of sp³-hybridized carbons (Fsp3) is 0.278. The van der Waals surface area contributed by atoms with E-state index >= 15 is 0 Å². The number of aromatic nitrogens is 2. The summed E-state index contributed by atoms with van der Waals surface area (Å²) >= 11 is 3.29. The molecule has 0 bridgehead atoms. The number of nitrogen functional groups attached to an aromatic ring is 1. The first-order chi connectivity index (χ1) is 13.3. The lowest BCUT2D eigenvalue weighted by molar-refractivity contribution is -0.138. The van der Waals surface area contributed by atoms with Crippen molar-refractivity contribution in [1.29, 1.82) is 0 Å². The number of carbonyl (C=O) groups is 1. The number of benzene rings is 1. The second-order valence-corrected chi connectivity index (χ2v) is 6.94.